The van der Waals surface area contributed by atoms with Gasteiger partial charge in [-0.25, -0.2) is 0 Å². The molecule has 2 heterocycles. The van der Waals surface area contributed by atoms with Crippen molar-refractivity contribution in [3.05, 3.63) is 12.1 Å². The van der Waals surface area contributed by atoms with Crippen molar-refractivity contribution in [3.8, 4) is 11.8 Å². The molecule has 5 heteroatoms. The zero-order valence-corrected chi connectivity index (χ0v) is 8.16. The minimum atomic E-state index is 0.0231. The predicted octanol–water partition coefficient (Wildman–Crippen LogP) is 1.03. The van der Waals surface area contributed by atoms with Crippen LogP contribution in [0.15, 0.2) is 12.1 Å². The number of hydrogen-bond acceptors (Lipinski definition) is 4. The van der Waals surface area contributed by atoms with Gasteiger partial charge in [0.05, 0.1) is 0 Å². The van der Waals surface area contributed by atoms with Gasteiger partial charge in [-0.15, -0.1) is 11.8 Å². The second kappa shape index (κ2) is 3.16. The first-order chi connectivity index (χ1) is 6.20. The summed E-state index contributed by atoms with van der Waals surface area (Å²) in [5.74, 6) is 1.26. The molecule has 4 nitrogen and oxygen atoms in total. The van der Waals surface area contributed by atoms with Crippen molar-refractivity contribution >= 4 is 11.8 Å². The minimum absolute atomic E-state index is 0.0231. The Morgan fingerprint density at radius 2 is 2.00 bits per heavy atom. The fraction of sp³-hybridized carbons (Fsp3) is 0.500. The zero-order valence-electron chi connectivity index (χ0n) is 7.34. The first kappa shape index (κ1) is 8.77. The monoisotopic (exact) mass is 200 g/mol. The van der Waals surface area contributed by atoms with Crippen LogP contribution in [0, 0.1) is 0 Å². The molecule has 1 aliphatic rings. The van der Waals surface area contributed by atoms with Crippen LogP contribution in [0.2, 0.25) is 0 Å². The molecule has 1 unspecified atom stereocenters. The first-order valence-corrected chi connectivity index (χ1v) is 5.16. The highest BCUT2D eigenvalue weighted by Crippen LogP contribution is 2.38. The van der Waals surface area contributed by atoms with E-state index in [0.29, 0.717) is 0 Å². The first-order valence-electron chi connectivity index (χ1n) is 4.11. The third-order valence-corrected chi connectivity index (χ3v) is 3.47. The number of hydrogen-bond donors (Lipinski definition) is 2. The van der Waals surface area contributed by atoms with Gasteiger partial charge in [-0.2, -0.15) is 0 Å². The van der Waals surface area contributed by atoms with E-state index in [0.717, 1.165) is 12.3 Å². The molecule has 0 bridgehead atoms. The average Bonchev–Trinajstić information content (AvgIpc) is 2.60. The molecule has 0 radical (unpaired) electrons. The Labute approximate surface area is 80.8 Å². The lowest BCUT2D eigenvalue weighted by Gasteiger charge is -2.21. The summed E-state index contributed by atoms with van der Waals surface area (Å²) in [5.41, 5.74) is 0.0231. The normalized spacial score (nSPS) is 23.9. The van der Waals surface area contributed by atoms with E-state index in [1.165, 1.54) is 16.7 Å². The minimum Gasteiger partial charge on any atom is -0.494 e. The van der Waals surface area contributed by atoms with E-state index in [1.807, 2.05) is 7.05 Å². The second-order valence-electron chi connectivity index (χ2n) is 3.10. The maximum Gasteiger partial charge on any atom is 0.195 e. The van der Waals surface area contributed by atoms with Crippen LogP contribution in [-0.4, -0.2) is 39.0 Å². The predicted molar refractivity (Wildman–Crippen MR) is 51.9 cm³/mol. The summed E-state index contributed by atoms with van der Waals surface area (Å²) in [7, 11) is 1.98. The van der Waals surface area contributed by atoms with E-state index < -0.39 is 0 Å². The molecule has 1 aromatic rings. The van der Waals surface area contributed by atoms with Gasteiger partial charge < -0.3 is 10.2 Å². The van der Waals surface area contributed by atoms with Gasteiger partial charge in [0.2, 0.25) is 0 Å². The van der Waals surface area contributed by atoms with Gasteiger partial charge >= 0.3 is 0 Å². The Morgan fingerprint density at radius 1 is 1.38 bits per heavy atom. The molecule has 0 amide bonds. The van der Waals surface area contributed by atoms with Crippen molar-refractivity contribution < 1.29 is 10.2 Å². The molecule has 0 aromatic carbocycles. The third kappa shape index (κ3) is 1.38. The van der Waals surface area contributed by atoms with Gasteiger partial charge in [0.1, 0.15) is 5.50 Å². The number of rotatable bonds is 1. The molecule has 1 aromatic heterocycles. The number of aromatic nitrogens is 1. The standard InChI is InChI=1S/C8H12N2O2S/c1-9-4-5-13-8(9)10-6(11)2-3-7(10)12/h2-3,8,11-12H,4-5H2,1H3. The van der Waals surface area contributed by atoms with Gasteiger partial charge in [-0.05, 0) is 7.05 Å². The Bertz CT molecular complexity index is 294. The van der Waals surface area contributed by atoms with Crippen molar-refractivity contribution in [1.82, 2.24) is 9.47 Å². The van der Waals surface area contributed by atoms with Gasteiger partial charge in [-0.3, -0.25) is 9.47 Å². The third-order valence-electron chi connectivity index (χ3n) is 2.18. The van der Waals surface area contributed by atoms with Crippen molar-refractivity contribution in [2.24, 2.45) is 0 Å². The topological polar surface area (TPSA) is 48.6 Å². The second-order valence-corrected chi connectivity index (χ2v) is 4.26. The van der Waals surface area contributed by atoms with Gasteiger partial charge in [0.15, 0.2) is 11.8 Å². The maximum absolute atomic E-state index is 9.47. The Hall–Kier alpha value is -0.810. The number of nitrogens with zero attached hydrogens (tertiary/aromatic N) is 2. The molecule has 1 aliphatic heterocycles. The molecule has 1 fully saturated rings. The molecule has 1 atom stereocenters. The molecule has 2 N–H and O–H groups in total. The Balaban J connectivity index is 2.33. The smallest absolute Gasteiger partial charge is 0.195 e. The SMILES string of the molecule is CN1CCSC1n1c(O)ccc1O. The summed E-state index contributed by atoms with van der Waals surface area (Å²) in [6, 6.07) is 3.00. The summed E-state index contributed by atoms with van der Waals surface area (Å²) >= 11 is 1.71. The summed E-state index contributed by atoms with van der Waals surface area (Å²) in [4.78, 5) is 2.09. The average molecular weight is 200 g/mol. The molecule has 0 aliphatic carbocycles. The lowest BCUT2D eigenvalue weighted by molar-refractivity contribution is 0.250. The van der Waals surface area contributed by atoms with Crippen LogP contribution in [0.5, 0.6) is 11.8 Å². The number of aromatic hydroxyl groups is 2. The lowest BCUT2D eigenvalue weighted by atomic mass is 10.6. The number of thioether (sulfide) groups is 1. The van der Waals surface area contributed by atoms with Crippen molar-refractivity contribution in [2.75, 3.05) is 19.3 Å². The van der Waals surface area contributed by atoms with Crippen molar-refractivity contribution in [2.45, 2.75) is 5.50 Å². The largest absolute Gasteiger partial charge is 0.494 e. The van der Waals surface area contributed by atoms with E-state index in [1.54, 1.807) is 11.8 Å². The highest BCUT2D eigenvalue weighted by atomic mass is 32.2. The van der Waals surface area contributed by atoms with Gasteiger partial charge in [0.25, 0.3) is 0 Å². The van der Waals surface area contributed by atoms with Crippen LogP contribution in [-0.2, 0) is 0 Å². The van der Waals surface area contributed by atoms with Crippen LogP contribution in [0.1, 0.15) is 5.50 Å². The molecule has 0 saturated carbocycles. The molecule has 0 spiro atoms. The molecule has 13 heavy (non-hydrogen) atoms. The summed E-state index contributed by atoms with van der Waals surface area (Å²) in [6.07, 6.45) is 0. The molecular weight excluding hydrogens is 188 g/mol. The molecule has 1 saturated heterocycles. The molecule has 2 rings (SSSR count). The maximum atomic E-state index is 9.47. The fourth-order valence-corrected chi connectivity index (χ4v) is 2.79. The lowest BCUT2D eigenvalue weighted by Crippen LogP contribution is -2.21. The fourth-order valence-electron chi connectivity index (χ4n) is 1.46. The van der Waals surface area contributed by atoms with Crippen LogP contribution in [0.3, 0.4) is 0 Å². The van der Waals surface area contributed by atoms with E-state index in [9.17, 15) is 10.2 Å². The summed E-state index contributed by atoms with van der Waals surface area (Å²) < 4.78 is 1.53. The van der Waals surface area contributed by atoms with E-state index in [4.69, 9.17) is 0 Å². The van der Waals surface area contributed by atoms with Crippen LogP contribution < -0.4 is 0 Å². The summed E-state index contributed by atoms with van der Waals surface area (Å²) in [6.45, 7) is 0.979. The van der Waals surface area contributed by atoms with Gasteiger partial charge in [0, 0.05) is 24.4 Å². The highest BCUT2D eigenvalue weighted by molar-refractivity contribution is 7.99. The highest BCUT2D eigenvalue weighted by Gasteiger charge is 2.26. The van der Waals surface area contributed by atoms with Crippen LogP contribution in [0.25, 0.3) is 0 Å². The zero-order chi connectivity index (χ0) is 9.42. The van der Waals surface area contributed by atoms with Crippen molar-refractivity contribution in [3.63, 3.8) is 0 Å². The van der Waals surface area contributed by atoms with Gasteiger partial charge in [-0.1, -0.05) is 0 Å². The molecular formula is C8H12N2O2S. The quantitative estimate of drug-likeness (QED) is 0.711. The van der Waals surface area contributed by atoms with Crippen LogP contribution >= 0.6 is 11.8 Å². The van der Waals surface area contributed by atoms with E-state index in [2.05, 4.69) is 4.90 Å². The van der Waals surface area contributed by atoms with Crippen LogP contribution in [0.4, 0.5) is 0 Å². The Morgan fingerprint density at radius 3 is 2.46 bits per heavy atom. The summed E-state index contributed by atoms with van der Waals surface area (Å²) in [5, 5.41) is 18.9. The molecule has 72 valence electrons. The van der Waals surface area contributed by atoms with Crippen molar-refractivity contribution in [1.29, 1.82) is 0 Å². The Kier molecular flexibility index (Phi) is 2.13. The van der Waals surface area contributed by atoms with E-state index in [-0.39, 0.29) is 17.3 Å². The van der Waals surface area contributed by atoms with E-state index >= 15 is 0 Å².